The van der Waals surface area contributed by atoms with Crippen LogP contribution in [0, 0.1) is 5.92 Å². The molecule has 0 radical (unpaired) electrons. The summed E-state index contributed by atoms with van der Waals surface area (Å²) in [6, 6.07) is 0.298. The molecule has 4 heteroatoms. The summed E-state index contributed by atoms with van der Waals surface area (Å²) >= 11 is 2.02. The van der Waals surface area contributed by atoms with Gasteiger partial charge in [0.1, 0.15) is 0 Å². The first-order valence-electron chi connectivity index (χ1n) is 7.55. The molecule has 2 atom stereocenters. The van der Waals surface area contributed by atoms with Crippen molar-refractivity contribution in [3.05, 3.63) is 0 Å². The van der Waals surface area contributed by atoms with Crippen molar-refractivity contribution >= 4 is 17.7 Å². The second-order valence-electron chi connectivity index (χ2n) is 6.52. The minimum Gasteiger partial charge on any atom is -0.368 e. The van der Waals surface area contributed by atoms with Crippen LogP contribution in [0.3, 0.4) is 0 Å². The van der Waals surface area contributed by atoms with E-state index in [1.807, 2.05) is 11.8 Å². The van der Waals surface area contributed by atoms with E-state index in [0.717, 1.165) is 25.2 Å². The molecule has 0 spiro atoms. The summed E-state index contributed by atoms with van der Waals surface area (Å²) in [6.07, 6.45) is 5.35. The molecule has 1 aliphatic carbocycles. The Balaban J connectivity index is 2.56. The van der Waals surface area contributed by atoms with Gasteiger partial charge in [0, 0.05) is 11.3 Å². The molecule has 0 bridgehead atoms. The number of hydrogen-bond donors (Lipinski definition) is 2. The molecule has 0 saturated heterocycles. The van der Waals surface area contributed by atoms with Gasteiger partial charge in [-0.2, -0.15) is 11.8 Å². The predicted molar refractivity (Wildman–Crippen MR) is 84.4 cm³/mol. The molecule has 0 aliphatic heterocycles. The van der Waals surface area contributed by atoms with Crippen molar-refractivity contribution in [3.8, 4) is 0 Å². The molecule has 0 heterocycles. The second-order valence-corrected chi connectivity index (χ2v) is 7.93. The monoisotopic (exact) mass is 286 g/mol. The number of hydrogen-bond acceptors (Lipinski definition) is 3. The Bertz CT molecular complexity index is 294. The van der Waals surface area contributed by atoms with Crippen LogP contribution in [0.2, 0.25) is 0 Å². The van der Waals surface area contributed by atoms with E-state index >= 15 is 0 Å². The van der Waals surface area contributed by atoms with Crippen molar-refractivity contribution in [1.82, 2.24) is 5.32 Å². The lowest BCUT2D eigenvalue weighted by Crippen LogP contribution is -2.60. The molecule has 112 valence electrons. The van der Waals surface area contributed by atoms with Crippen LogP contribution in [0.5, 0.6) is 0 Å². The van der Waals surface area contributed by atoms with Gasteiger partial charge in [-0.1, -0.05) is 13.8 Å². The summed E-state index contributed by atoms with van der Waals surface area (Å²) in [5.41, 5.74) is 5.21. The van der Waals surface area contributed by atoms with E-state index in [1.165, 1.54) is 18.6 Å². The van der Waals surface area contributed by atoms with Gasteiger partial charge in [-0.25, -0.2) is 0 Å². The first-order chi connectivity index (χ1) is 8.85. The number of primary amides is 1. The fourth-order valence-corrected chi connectivity index (χ4v) is 4.49. The smallest absolute Gasteiger partial charge is 0.237 e. The second kappa shape index (κ2) is 7.53. The van der Waals surface area contributed by atoms with Gasteiger partial charge in [-0.3, -0.25) is 4.79 Å². The molecule has 1 aliphatic rings. The lowest BCUT2D eigenvalue weighted by atomic mass is 9.80. The summed E-state index contributed by atoms with van der Waals surface area (Å²) in [4.78, 5) is 11.9. The van der Waals surface area contributed by atoms with Crippen molar-refractivity contribution in [2.75, 3.05) is 5.75 Å². The van der Waals surface area contributed by atoms with Crippen LogP contribution >= 0.6 is 11.8 Å². The Morgan fingerprint density at radius 1 is 1.42 bits per heavy atom. The molecule has 0 aromatic carbocycles. The average Bonchev–Trinajstić information content (AvgIpc) is 2.27. The number of nitrogens with one attached hydrogen (secondary N) is 1. The topological polar surface area (TPSA) is 55.1 Å². The number of carbonyl (C=O) groups is 1. The van der Waals surface area contributed by atoms with Crippen molar-refractivity contribution in [1.29, 1.82) is 0 Å². The summed E-state index contributed by atoms with van der Waals surface area (Å²) < 4.78 is 0. The molecule has 0 aromatic rings. The molecule has 0 aromatic heterocycles. The highest BCUT2D eigenvalue weighted by atomic mass is 32.2. The van der Waals surface area contributed by atoms with Crippen LogP contribution in [0.1, 0.15) is 59.8 Å². The number of amides is 1. The first-order valence-corrected chi connectivity index (χ1v) is 8.60. The van der Waals surface area contributed by atoms with Crippen molar-refractivity contribution in [3.63, 3.8) is 0 Å². The Hall–Kier alpha value is -0.220. The standard InChI is InChI=1S/C15H30N2OS/c1-11(2)7-9-19-13-6-5-8-15(10-13,14(16)18)17-12(3)4/h11-13,17H,5-10H2,1-4H3,(H2,16,18). The van der Waals surface area contributed by atoms with E-state index in [9.17, 15) is 4.79 Å². The molecule has 1 amide bonds. The fraction of sp³-hybridized carbons (Fsp3) is 0.933. The highest BCUT2D eigenvalue weighted by Crippen LogP contribution is 2.35. The van der Waals surface area contributed by atoms with E-state index in [1.54, 1.807) is 0 Å². The maximum absolute atomic E-state index is 11.9. The normalized spacial score (nSPS) is 28.0. The van der Waals surface area contributed by atoms with Crippen LogP contribution in [-0.2, 0) is 4.79 Å². The third kappa shape index (κ3) is 5.35. The van der Waals surface area contributed by atoms with Gasteiger partial charge in [-0.15, -0.1) is 0 Å². The third-order valence-electron chi connectivity index (χ3n) is 3.79. The molecule has 1 saturated carbocycles. The molecular weight excluding hydrogens is 256 g/mol. The minimum absolute atomic E-state index is 0.171. The Labute approximate surface area is 122 Å². The van der Waals surface area contributed by atoms with E-state index < -0.39 is 5.54 Å². The van der Waals surface area contributed by atoms with E-state index in [-0.39, 0.29) is 5.91 Å². The number of rotatable bonds is 7. The summed E-state index contributed by atoms with van der Waals surface area (Å²) in [7, 11) is 0. The molecule has 3 nitrogen and oxygen atoms in total. The zero-order valence-electron chi connectivity index (χ0n) is 12.9. The van der Waals surface area contributed by atoms with Gasteiger partial charge in [0.2, 0.25) is 5.91 Å². The van der Waals surface area contributed by atoms with Gasteiger partial charge < -0.3 is 11.1 Å². The van der Waals surface area contributed by atoms with Crippen molar-refractivity contribution < 1.29 is 4.79 Å². The maximum atomic E-state index is 11.9. The van der Waals surface area contributed by atoms with Gasteiger partial charge >= 0.3 is 0 Å². The van der Waals surface area contributed by atoms with Gasteiger partial charge in [0.15, 0.2) is 0 Å². The van der Waals surface area contributed by atoms with Crippen molar-refractivity contribution in [2.24, 2.45) is 11.7 Å². The van der Waals surface area contributed by atoms with E-state index in [4.69, 9.17) is 5.73 Å². The lowest BCUT2D eigenvalue weighted by Gasteiger charge is -2.40. The van der Waals surface area contributed by atoms with E-state index in [0.29, 0.717) is 11.3 Å². The molecule has 19 heavy (non-hydrogen) atoms. The SMILES string of the molecule is CC(C)CCSC1CCCC(NC(C)C)(C(N)=O)C1. The summed E-state index contributed by atoms with van der Waals surface area (Å²) in [6.45, 7) is 8.69. The first kappa shape index (κ1) is 16.8. The zero-order chi connectivity index (χ0) is 14.5. The van der Waals surface area contributed by atoms with Crippen molar-refractivity contribution in [2.45, 2.75) is 76.6 Å². The highest BCUT2D eigenvalue weighted by molar-refractivity contribution is 7.99. The predicted octanol–water partition coefficient (Wildman–Crippen LogP) is 2.93. The van der Waals surface area contributed by atoms with Crippen LogP contribution in [0.4, 0.5) is 0 Å². The zero-order valence-corrected chi connectivity index (χ0v) is 13.7. The van der Waals surface area contributed by atoms with Gasteiger partial charge in [-0.05, 0) is 57.6 Å². The third-order valence-corrected chi connectivity index (χ3v) is 5.14. The van der Waals surface area contributed by atoms with Gasteiger partial charge in [0.05, 0.1) is 5.54 Å². The number of nitrogens with two attached hydrogens (primary N) is 1. The fourth-order valence-electron chi connectivity index (χ4n) is 2.82. The Morgan fingerprint density at radius 2 is 2.11 bits per heavy atom. The molecule has 2 unspecified atom stereocenters. The van der Waals surface area contributed by atoms with Crippen LogP contribution < -0.4 is 11.1 Å². The van der Waals surface area contributed by atoms with E-state index in [2.05, 4.69) is 33.0 Å². The Kier molecular flexibility index (Phi) is 6.67. The maximum Gasteiger partial charge on any atom is 0.237 e. The van der Waals surface area contributed by atoms with Crippen LogP contribution in [0.25, 0.3) is 0 Å². The minimum atomic E-state index is -0.470. The summed E-state index contributed by atoms with van der Waals surface area (Å²) in [5.74, 6) is 1.78. The van der Waals surface area contributed by atoms with Gasteiger partial charge in [0.25, 0.3) is 0 Å². The molecular formula is C15H30N2OS. The average molecular weight is 286 g/mol. The Morgan fingerprint density at radius 3 is 2.63 bits per heavy atom. The largest absolute Gasteiger partial charge is 0.368 e. The quantitative estimate of drug-likeness (QED) is 0.756. The van der Waals surface area contributed by atoms with Crippen LogP contribution in [-0.4, -0.2) is 28.5 Å². The lowest BCUT2D eigenvalue weighted by molar-refractivity contribution is -0.126. The highest BCUT2D eigenvalue weighted by Gasteiger charge is 2.41. The van der Waals surface area contributed by atoms with Crippen LogP contribution in [0.15, 0.2) is 0 Å². The summed E-state index contributed by atoms with van der Waals surface area (Å²) in [5, 5.41) is 4.01. The number of carbonyl (C=O) groups excluding carboxylic acids is 1. The number of thioether (sulfide) groups is 1. The molecule has 1 fully saturated rings. The molecule has 3 N–H and O–H groups in total. The molecule has 1 rings (SSSR count).